The van der Waals surface area contributed by atoms with Gasteiger partial charge in [0.15, 0.2) is 0 Å². The lowest BCUT2D eigenvalue weighted by molar-refractivity contribution is -0.145. The first kappa shape index (κ1) is 26.6. The second-order valence-corrected chi connectivity index (χ2v) is 8.71. The molecule has 1 unspecified atom stereocenters. The molecule has 2 aromatic heterocycles. The van der Waals surface area contributed by atoms with Gasteiger partial charge in [-0.25, -0.2) is 23.7 Å². The molecule has 8 nitrogen and oxygen atoms in total. The number of pyridine rings is 1. The van der Waals surface area contributed by atoms with Crippen LogP contribution in [0.5, 0.6) is 0 Å². The van der Waals surface area contributed by atoms with Crippen molar-refractivity contribution in [1.29, 1.82) is 0 Å². The summed E-state index contributed by atoms with van der Waals surface area (Å²) in [6.07, 6.45) is -2.91. The molecule has 1 aromatic carbocycles. The molecule has 1 saturated heterocycles. The average Bonchev–Trinajstić information content (AvgIpc) is 2.86. The number of likely N-dealkylation sites (tertiary alicyclic amines) is 1. The van der Waals surface area contributed by atoms with Crippen LogP contribution in [0, 0.1) is 0 Å². The van der Waals surface area contributed by atoms with Crippen LogP contribution < -0.4 is 10.6 Å². The van der Waals surface area contributed by atoms with Crippen LogP contribution in [0.4, 0.5) is 27.8 Å². The minimum absolute atomic E-state index is 0.0732. The van der Waals surface area contributed by atoms with Gasteiger partial charge < -0.3 is 15.7 Å². The van der Waals surface area contributed by atoms with E-state index in [0.717, 1.165) is 12.4 Å². The van der Waals surface area contributed by atoms with Gasteiger partial charge in [0.2, 0.25) is 5.82 Å². The van der Waals surface area contributed by atoms with E-state index in [4.69, 9.17) is 5.11 Å². The molecule has 1 atom stereocenters. The summed E-state index contributed by atoms with van der Waals surface area (Å²) >= 11 is 0. The number of amides is 1. The van der Waals surface area contributed by atoms with E-state index in [2.05, 4.69) is 25.6 Å². The summed E-state index contributed by atoms with van der Waals surface area (Å²) in [5.41, 5.74) is 1.01. The summed E-state index contributed by atoms with van der Waals surface area (Å²) in [4.78, 5) is 25.7. The van der Waals surface area contributed by atoms with Crippen molar-refractivity contribution in [3.63, 3.8) is 0 Å². The number of nitrogens with zero attached hydrogens (tertiary/aromatic N) is 4. The molecule has 0 aliphatic carbocycles. The van der Waals surface area contributed by atoms with Gasteiger partial charge in [0.25, 0.3) is 11.8 Å². The molecule has 198 valence electrons. The minimum Gasteiger partial charge on any atom is -0.395 e. The van der Waals surface area contributed by atoms with Crippen LogP contribution in [-0.4, -0.2) is 69.6 Å². The van der Waals surface area contributed by atoms with Crippen molar-refractivity contribution in [2.45, 2.75) is 31.0 Å². The lowest BCUT2D eigenvalue weighted by atomic mass is 10.0. The van der Waals surface area contributed by atoms with Crippen molar-refractivity contribution in [3.8, 4) is 0 Å². The van der Waals surface area contributed by atoms with Crippen LogP contribution in [0.15, 0.2) is 42.7 Å². The molecule has 3 heterocycles. The number of halogens is 5. The summed E-state index contributed by atoms with van der Waals surface area (Å²) in [5, 5.41) is 15.2. The smallest absolute Gasteiger partial charge is 0.395 e. The van der Waals surface area contributed by atoms with Gasteiger partial charge in [-0.05, 0) is 37.2 Å². The van der Waals surface area contributed by atoms with Crippen LogP contribution >= 0.6 is 0 Å². The van der Waals surface area contributed by atoms with E-state index in [1.165, 1.54) is 4.90 Å². The van der Waals surface area contributed by atoms with Crippen LogP contribution in [0.1, 0.15) is 40.6 Å². The number of fused-ring (bicyclic) bond motifs is 1. The molecule has 1 aliphatic rings. The van der Waals surface area contributed by atoms with E-state index < -0.39 is 36.4 Å². The summed E-state index contributed by atoms with van der Waals surface area (Å²) in [6.45, 7) is -0.238. The Kier molecular flexibility index (Phi) is 7.83. The Morgan fingerprint density at radius 2 is 1.92 bits per heavy atom. The van der Waals surface area contributed by atoms with Crippen molar-refractivity contribution in [2.75, 3.05) is 38.1 Å². The number of carbonyl (C=O) groups is 1. The number of piperidine rings is 1. The third-order valence-electron chi connectivity index (χ3n) is 6.02. The van der Waals surface area contributed by atoms with Crippen molar-refractivity contribution < 1.29 is 31.9 Å². The Morgan fingerprint density at radius 3 is 2.59 bits per heavy atom. The van der Waals surface area contributed by atoms with Crippen LogP contribution in [0.3, 0.4) is 0 Å². The Labute approximate surface area is 208 Å². The van der Waals surface area contributed by atoms with Crippen molar-refractivity contribution in [2.24, 2.45) is 0 Å². The first-order chi connectivity index (χ1) is 17.6. The number of nitrogens with one attached hydrogen (secondary N) is 2. The third kappa shape index (κ3) is 6.46. The summed E-state index contributed by atoms with van der Waals surface area (Å²) in [6, 6.07) is 7.45. The van der Waals surface area contributed by atoms with Crippen LogP contribution in [0.2, 0.25) is 0 Å². The van der Waals surface area contributed by atoms with Gasteiger partial charge in [-0.1, -0.05) is 6.07 Å². The van der Waals surface area contributed by atoms with Gasteiger partial charge in [0.1, 0.15) is 5.82 Å². The Bertz CT molecular complexity index is 1240. The maximum Gasteiger partial charge on any atom is 0.451 e. The van der Waals surface area contributed by atoms with Gasteiger partial charge in [0.05, 0.1) is 24.7 Å². The van der Waals surface area contributed by atoms with Crippen molar-refractivity contribution in [3.05, 3.63) is 59.7 Å². The fraction of sp³-hybridized carbons (Fsp3) is 0.417. The van der Waals surface area contributed by atoms with Gasteiger partial charge in [-0.2, -0.15) is 13.2 Å². The number of hydrogen-bond acceptors (Lipinski definition) is 7. The molecule has 37 heavy (non-hydrogen) atoms. The molecule has 0 radical (unpaired) electrons. The number of carbonyl (C=O) groups excluding carboxylic acids is 1. The lowest BCUT2D eigenvalue weighted by Crippen LogP contribution is -2.47. The Balaban J connectivity index is 1.56. The third-order valence-corrected chi connectivity index (χ3v) is 6.02. The lowest BCUT2D eigenvalue weighted by Gasteiger charge is -2.38. The molecule has 1 aliphatic heterocycles. The quantitative estimate of drug-likeness (QED) is 0.387. The maximum atomic E-state index is 14.2. The van der Waals surface area contributed by atoms with Crippen molar-refractivity contribution >= 4 is 22.6 Å². The SMILES string of the molecule is O=C(NCC(c1cnc(C(F)(F)F)nc1)N1CCCC(F)(F)C1)c1cccc2nc(NCCO)ccc12. The fourth-order valence-electron chi connectivity index (χ4n) is 4.30. The van der Waals surface area contributed by atoms with E-state index in [1.807, 2.05) is 0 Å². The summed E-state index contributed by atoms with van der Waals surface area (Å²) in [7, 11) is 0. The molecule has 0 spiro atoms. The molecule has 1 fully saturated rings. The first-order valence-corrected chi connectivity index (χ1v) is 11.6. The van der Waals surface area contributed by atoms with Gasteiger partial charge in [-0.15, -0.1) is 0 Å². The van der Waals surface area contributed by atoms with Crippen LogP contribution in [0.25, 0.3) is 10.9 Å². The fourth-order valence-corrected chi connectivity index (χ4v) is 4.30. The molecule has 0 bridgehead atoms. The zero-order valence-electron chi connectivity index (χ0n) is 19.6. The zero-order valence-corrected chi connectivity index (χ0v) is 19.6. The Hall–Kier alpha value is -3.45. The number of aliphatic hydroxyl groups is 1. The number of hydrogen-bond donors (Lipinski definition) is 3. The normalized spacial score (nSPS) is 16.9. The zero-order chi connectivity index (χ0) is 26.6. The number of alkyl halides is 5. The first-order valence-electron chi connectivity index (χ1n) is 11.6. The molecule has 3 aromatic rings. The molecule has 4 rings (SSSR count). The second kappa shape index (κ2) is 10.9. The number of aromatic nitrogens is 3. The highest BCUT2D eigenvalue weighted by Gasteiger charge is 2.39. The number of aliphatic hydroxyl groups excluding tert-OH is 1. The molecular weight excluding hydrogens is 499 g/mol. The topological polar surface area (TPSA) is 103 Å². The molecular formula is C24H25F5N6O2. The van der Waals surface area contributed by atoms with E-state index >= 15 is 0 Å². The average molecular weight is 524 g/mol. The Morgan fingerprint density at radius 1 is 1.16 bits per heavy atom. The number of rotatable bonds is 8. The maximum absolute atomic E-state index is 14.2. The molecule has 13 heteroatoms. The van der Waals surface area contributed by atoms with E-state index in [9.17, 15) is 26.7 Å². The summed E-state index contributed by atoms with van der Waals surface area (Å²) < 4.78 is 67.1. The summed E-state index contributed by atoms with van der Waals surface area (Å²) in [5.74, 6) is -4.27. The van der Waals surface area contributed by atoms with Crippen LogP contribution in [-0.2, 0) is 6.18 Å². The second-order valence-electron chi connectivity index (χ2n) is 8.71. The van der Waals surface area contributed by atoms with E-state index in [0.29, 0.717) is 28.8 Å². The van der Waals surface area contributed by atoms with Gasteiger partial charge >= 0.3 is 6.18 Å². The van der Waals surface area contributed by atoms with Gasteiger partial charge in [-0.3, -0.25) is 9.69 Å². The number of anilines is 1. The molecule has 0 saturated carbocycles. The van der Waals surface area contributed by atoms with Crippen molar-refractivity contribution in [1.82, 2.24) is 25.2 Å². The largest absolute Gasteiger partial charge is 0.451 e. The van der Waals surface area contributed by atoms with E-state index in [1.54, 1.807) is 30.3 Å². The molecule has 1 amide bonds. The van der Waals surface area contributed by atoms with E-state index in [-0.39, 0.29) is 38.1 Å². The number of benzene rings is 1. The predicted octanol–water partition coefficient (Wildman–Crippen LogP) is 3.65. The highest BCUT2D eigenvalue weighted by molar-refractivity contribution is 6.06. The predicted molar refractivity (Wildman–Crippen MR) is 125 cm³/mol. The highest BCUT2D eigenvalue weighted by atomic mass is 19.4. The monoisotopic (exact) mass is 524 g/mol. The van der Waals surface area contributed by atoms with Gasteiger partial charge in [0, 0.05) is 48.4 Å². The highest BCUT2D eigenvalue weighted by Crippen LogP contribution is 2.33. The standard InChI is InChI=1S/C24H25F5N6O2/c25-23(26)7-2-9-35(14-23)19(15-11-32-22(33-12-15)24(27,28)29)13-31-21(37)17-3-1-4-18-16(17)5-6-20(34-18)30-8-10-36/h1,3-6,11-12,19,36H,2,7-10,13-14H2,(H,30,34)(H,31,37). The molecule has 3 N–H and O–H groups in total. The minimum atomic E-state index is -4.74.